The summed E-state index contributed by atoms with van der Waals surface area (Å²) in [6, 6.07) is 0.0750. The van der Waals surface area contributed by atoms with Crippen molar-refractivity contribution < 1.29 is 8.42 Å². The molecule has 0 heterocycles. The quantitative estimate of drug-likeness (QED) is 0.300. The molecule has 0 aliphatic carbocycles. The Morgan fingerprint density at radius 3 is 2.27 bits per heavy atom. The maximum Gasteiger partial charge on any atom is 0.191 e. The van der Waals surface area contributed by atoms with Gasteiger partial charge in [0.15, 0.2) is 5.96 Å². The lowest BCUT2D eigenvalue weighted by atomic mass is 10.3. The molecule has 0 saturated carbocycles. The van der Waals surface area contributed by atoms with Gasteiger partial charge in [0.2, 0.25) is 0 Å². The molecule has 134 valence electrons. The van der Waals surface area contributed by atoms with Crippen LogP contribution in [-0.4, -0.2) is 70.1 Å². The van der Waals surface area contributed by atoms with Gasteiger partial charge in [-0.05, 0) is 33.4 Å². The van der Waals surface area contributed by atoms with Gasteiger partial charge in [0.05, 0.1) is 12.3 Å². The van der Waals surface area contributed by atoms with Gasteiger partial charge in [-0.15, -0.1) is 24.0 Å². The van der Waals surface area contributed by atoms with Crippen LogP contribution in [0.2, 0.25) is 0 Å². The maximum absolute atomic E-state index is 11.2. The van der Waals surface area contributed by atoms with E-state index < -0.39 is 9.84 Å². The van der Waals surface area contributed by atoms with Crippen molar-refractivity contribution in [3.8, 4) is 0 Å². The molecule has 8 heteroatoms. The number of hydrogen-bond acceptors (Lipinski definition) is 4. The lowest BCUT2D eigenvalue weighted by Gasteiger charge is -2.19. The molecular weight excluding hydrogens is 415 g/mol. The zero-order valence-corrected chi connectivity index (χ0v) is 17.7. The predicted octanol–water partition coefficient (Wildman–Crippen LogP) is 1.32. The molecule has 6 nitrogen and oxygen atoms in total. The molecule has 0 amide bonds. The molecule has 0 aromatic heterocycles. The Balaban J connectivity index is 0. The van der Waals surface area contributed by atoms with E-state index >= 15 is 0 Å². The summed E-state index contributed by atoms with van der Waals surface area (Å²) < 4.78 is 22.4. The van der Waals surface area contributed by atoms with Crippen LogP contribution in [0, 0.1) is 0 Å². The third kappa shape index (κ3) is 13.6. The highest BCUT2D eigenvalue weighted by molar-refractivity contribution is 14.0. The summed E-state index contributed by atoms with van der Waals surface area (Å²) in [6.07, 6.45) is 1.85. The normalized spacial score (nSPS) is 13.6. The molecule has 22 heavy (non-hydrogen) atoms. The molecule has 2 N–H and O–H groups in total. The van der Waals surface area contributed by atoms with Crippen molar-refractivity contribution in [1.82, 2.24) is 15.5 Å². The second-order valence-electron chi connectivity index (χ2n) is 5.25. The highest BCUT2D eigenvalue weighted by Crippen LogP contribution is 1.95. The van der Waals surface area contributed by atoms with Gasteiger partial charge in [-0.25, -0.2) is 8.42 Å². The van der Waals surface area contributed by atoms with Crippen molar-refractivity contribution in [2.24, 2.45) is 4.99 Å². The van der Waals surface area contributed by atoms with Gasteiger partial charge in [-0.3, -0.25) is 4.99 Å². The van der Waals surface area contributed by atoms with E-state index in [2.05, 4.69) is 34.4 Å². The fourth-order valence-electron chi connectivity index (χ4n) is 1.86. The summed E-state index contributed by atoms with van der Waals surface area (Å²) in [4.78, 5) is 6.86. The van der Waals surface area contributed by atoms with Crippen molar-refractivity contribution in [1.29, 1.82) is 0 Å². The third-order valence-corrected chi connectivity index (χ3v) is 4.21. The van der Waals surface area contributed by atoms with Crippen LogP contribution in [0.3, 0.4) is 0 Å². The lowest BCUT2D eigenvalue weighted by molar-refractivity contribution is 0.313. The number of halogens is 1. The first-order chi connectivity index (χ1) is 9.82. The van der Waals surface area contributed by atoms with E-state index in [1.807, 2.05) is 13.8 Å². The van der Waals surface area contributed by atoms with Gasteiger partial charge in [0.25, 0.3) is 0 Å². The standard InChI is InChI=1S/C14H32N4O2S.HI/c1-6-15-14(16-10-11-18(7-2)8-3)17-13(4)9-12-21(5,19)20;/h13H,6-12H2,1-5H3,(H2,15,16,17);1H. The second-order valence-corrected chi connectivity index (χ2v) is 7.51. The Bertz CT molecular complexity index is 398. The van der Waals surface area contributed by atoms with E-state index in [0.29, 0.717) is 6.42 Å². The average Bonchev–Trinajstić information content (AvgIpc) is 2.41. The largest absolute Gasteiger partial charge is 0.357 e. The number of likely N-dealkylation sites (N-methyl/N-ethyl adjacent to an activating group) is 1. The monoisotopic (exact) mass is 448 g/mol. The molecule has 0 fully saturated rings. The van der Waals surface area contributed by atoms with E-state index in [1.165, 1.54) is 6.26 Å². The van der Waals surface area contributed by atoms with Crippen LogP contribution in [0.5, 0.6) is 0 Å². The molecule has 0 spiro atoms. The number of hydrogen-bond donors (Lipinski definition) is 2. The number of nitrogens with zero attached hydrogens (tertiary/aromatic N) is 2. The van der Waals surface area contributed by atoms with E-state index in [0.717, 1.165) is 38.7 Å². The molecule has 0 radical (unpaired) electrons. The number of guanidine groups is 1. The Labute approximate surface area is 153 Å². The Hall–Kier alpha value is -0.0900. The van der Waals surface area contributed by atoms with Crippen LogP contribution < -0.4 is 10.6 Å². The molecule has 0 rings (SSSR count). The summed E-state index contributed by atoms with van der Waals surface area (Å²) in [5, 5.41) is 6.45. The predicted molar refractivity (Wildman–Crippen MR) is 106 cm³/mol. The molecule has 0 aromatic carbocycles. The summed E-state index contributed by atoms with van der Waals surface area (Å²) in [5.74, 6) is 0.950. The van der Waals surface area contributed by atoms with E-state index in [1.54, 1.807) is 0 Å². The molecule has 0 aliphatic heterocycles. The molecular formula is C14H33IN4O2S. The zero-order chi connectivity index (χ0) is 16.3. The Morgan fingerprint density at radius 1 is 1.23 bits per heavy atom. The van der Waals surface area contributed by atoms with Gasteiger partial charge in [0, 0.05) is 25.4 Å². The number of sulfone groups is 1. The first kappa shape index (κ1) is 24.2. The van der Waals surface area contributed by atoms with Crippen LogP contribution >= 0.6 is 24.0 Å². The van der Waals surface area contributed by atoms with Crippen molar-refractivity contribution in [3.05, 3.63) is 0 Å². The first-order valence-electron chi connectivity index (χ1n) is 7.77. The zero-order valence-electron chi connectivity index (χ0n) is 14.6. The van der Waals surface area contributed by atoms with Crippen molar-refractivity contribution in [3.63, 3.8) is 0 Å². The topological polar surface area (TPSA) is 73.8 Å². The van der Waals surface area contributed by atoms with Gasteiger partial charge >= 0.3 is 0 Å². The molecule has 0 bridgehead atoms. The van der Waals surface area contributed by atoms with Gasteiger partial charge in [-0.1, -0.05) is 13.8 Å². The number of aliphatic imine (C=N–C) groups is 1. The van der Waals surface area contributed by atoms with Crippen LogP contribution in [0.1, 0.15) is 34.1 Å². The molecule has 1 atom stereocenters. The number of nitrogens with one attached hydrogen (secondary N) is 2. The minimum atomic E-state index is -2.91. The van der Waals surface area contributed by atoms with Crippen LogP contribution in [-0.2, 0) is 9.84 Å². The van der Waals surface area contributed by atoms with Crippen molar-refractivity contribution >= 4 is 39.8 Å². The SMILES string of the molecule is CCNC(=NCCN(CC)CC)NC(C)CCS(C)(=O)=O.I. The van der Waals surface area contributed by atoms with Gasteiger partial charge in [0.1, 0.15) is 9.84 Å². The minimum absolute atomic E-state index is 0. The first-order valence-corrected chi connectivity index (χ1v) is 9.83. The fraction of sp³-hybridized carbons (Fsp3) is 0.929. The second kappa shape index (κ2) is 13.4. The van der Waals surface area contributed by atoms with E-state index in [4.69, 9.17) is 0 Å². The minimum Gasteiger partial charge on any atom is -0.357 e. The maximum atomic E-state index is 11.2. The van der Waals surface area contributed by atoms with Gasteiger partial charge in [-0.2, -0.15) is 0 Å². The molecule has 0 saturated heterocycles. The molecule has 1 unspecified atom stereocenters. The summed E-state index contributed by atoms with van der Waals surface area (Å²) in [5.41, 5.74) is 0. The van der Waals surface area contributed by atoms with Crippen LogP contribution in [0.15, 0.2) is 4.99 Å². The molecule has 0 aliphatic rings. The molecule has 0 aromatic rings. The number of rotatable bonds is 10. The highest BCUT2D eigenvalue weighted by atomic mass is 127. The highest BCUT2D eigenvalue weighted by Gasteiger charge is 2.09. The van der Waals surface area contributed by atoms with E-state index in [9.17, 15) is 8.42 Å². The Morgan fingerprint density at radius 2 is 1.82 bits per heavy atom. The van der Waals surface area contributed by atoms with Crippen LogP contribution in [0.25, 0.3) is 0 Å². The van der Waals surface area contributed by atoms with Crippen molar-refractivity contribution in [2.75, 3.05) is 44.7 Å². The van der Waals surface area contributed by atoms with Crippen LogP contribution in [0.4, 0.5) is 0 Å². The summed E-state index contributed by atoms with van der Waals surface area (Å²) in [6.45, 7) is 12.8. The lowest BCUT2D eigenvalue weighted by Crippen LogP contribution is -2.43. The van der Waals surface area contributed by atoms with Gasteiger partial charge < -0.3 is 15.5 Å². The smallest absolute Gasteiger partial charge is 0.191 e. The summed E-state index contributed by atoms with van der Waals surface area (Å²) >= 11 is 0. The average molecular weight is 448 g/mol. The summed E-state index contributed by atoms with van der Waals surface area (Å²) in [7, 11) is -2.91. The van der Waals surface area contributed by atoms with E-state index in [-0.39, 0.29) is 35.8 Å². The van der Waals surface area contributed by atoms with Crippen molar-refractivity contribution in [2.45, 2.75) is 40.2 Å². The Kier molecular flexibility index (Phi) is 14.7. The fourth-order valence-corrected chi connectivity index (χ4v) is 2.64. The third-order valence-electron chi connectivity index (χ3n) is 3.23.